The van der Waals surface area contributed by atoms with E-state index < -0.39 is 0 Å². The first kappa shape index (κ1) is 11.2. The number of hydrogen-bond acceptors (Lipinski definition) is 3. The van der Waals surface area contributed by atoms with Crippen LogP contribution in [0.2, 0.25) is 0 Å². The summed E-state index contributed by atoms with van der Waals surface area (Å²) in [6.07, 6.45) is 6.17. The Bertz CT molecular complexity index is 313. The van der Waals surface area contributed by atoms with E-state index in [0.717, 1.165) is 17.2 Å². The Kier molecular flexibility index (Phi) is 3.87. The van der Waals surface area contributed by atoms with Crippen molar-refractivity contribution in [2.24, 2.45) is 0 Å². The number of thiazole rings is 1. The lowest BCUT2D eigenvalue weighted by Gasteiger charge is -2.20. The van der Waals surface area contributed by atoms with E-state index in [0.29, 0.717) is 6.04 Å². The fraction of sp³-hybridized carbons (Fsp3) is 0.727. The summed E-state index contributed by atoms with van der Waals surface area (Å²) in [4.78, 5) is 4.42. The van der Waals surface area contributed by atoms with Gasteiger partial charge in [0.05, 0.1) is 11.1 Å². The summed E-state index contributed by atoms with van der Waals surface area (Å²) in [7, 11) is 0. The van der Waals surface area contributed by atoms with Gasteiger partial charge < -0.3 is 5.32 Å². The van der Waals surface area contributed by atoms with E-state index in [1.807, 2.05) is 6.92 Å². The van der Waals surface area contributed by atoms with Gasteiger partial charge in [0.2, 0.25) is 0 Å². The van der Waals surface area contributed by atoms with Crippen molar-refractivity contribution in [3.63, 3.8) is 0 Å². The van der Waals surface area contributed by atoms with Crippen LogP contribution in [0.25, 0.3) is 0 Å². The highest BCUT2D eigenvalue weighted by atomic mass is 35.5. The quantitative estimate of drug-likeness (QED) is 0.632. The van der Waals surface area contributed by atoms with Gasteiger partial charge in [-0.25, -0.2) is 4.98 Å². The smallest absolute Gasteiger partial charge is 0.183 e. The van der Waals surface area contributed by atoms with Crippen LogP contribution in [0.3, 0.4) is 0 Å². The zero-order valence-corrected chi connectivity index (χ0v) is 10.6. The number of halogens is 1. The van der Waals surface area contributed by atoms with Gasteiger partial charge in [-0.2, -0.15) is 0 Å². The maximum Gasteiger partial charge on any atom is 0.183 e. The molecule has 0 saturated heterocycles. The fourth-order valence-electron chi connectivity index (χ4n) is 2.00. The van der Waals surface area contributed by atoms with Crippen LogP contribution in [-0.4, -0.2) is 16.4 Å². The van der Waals surface area contributed by atoms with Gasteiger partial charge in [-0.05, 0) is 19.8 Å². The summed E-state index contributed by atoms with van der Waals surface area (Å²) in [5, 5.41) is 6.82. The van der Waals surface area contributed by atoms with E-state index in [9.17, 15) is 0 Å². The van der Waals surface area contributed by atoms with Crippen molar-refractivity contribution in [3.05, 3.63) is 11.1 Å². The Morgan fingerprint density at radius 3 is 2.93 bits per heavy atom. The van der Waals surface area contributed by atoms with Crippen molar-refractivity contribution in [1.82, 2.24) is 4.98 Å². The van der Waals surface area contributed by atoms with Crippen LogP contribution in [0.4, 0.5) is 5.13 Å². The number of anilines is 1. The highest BCUT2D eigenvalue weighted by molar-refractivity contribution is 7.13. The molecule has 1 aliphatic rings. The van der Waals surface area contributed by atoms with Crippen LogP contribution >= 0.6 is 22.9 Å². The van der Waals surface area contributed by atoms with Crippen LogP contribution < -0.4 is 5.32 Å². The molecule has 1 aliphatic carbocycles. The third kappa shape index (κ3) is 3.08. The molecule has 1 aromatic heterocycles. The van der Waals surface area contributed by atoms with Gasteiger partial charge in [0, 0.05) is 11.4 Å². The zero-order valence-electron chi connectivity index (χ0n) is 9.00. The number of aromatic nitrogens is 1. The third-order valence-corrected chi connectivity index (χ3v) is 4.27. The molecule has 1 N–H and O–H groups in total. The molecule has 1 aromatic rings. The van der Waals surface area contributed by atoms with Crippen molar-refractivity contribution < 1.29 is 0 Å². The Morgan fingerprint density at radius 2 is 2.20 bits per heavy atom. The van der Waals surface area contributed by atoms with E-state index in [1.54, 1.807) is 11.3 Å². The lowest BCUT2D eigenvalue weighted by atomic mass is 10.1. The minimum Gasteiger partial charge on any atom is -0.357 e. The maximum atomic E-state index is 6.36. The minimum atomic E-state index is 0.261. The Morgan fingerprint density at radius 1 is 1.40 bits per heavy atom. The topological polar surface area (TPSA) is 24.9 Å². The summed E-state index contributed by atoms with van der Waals surface area (Å²) < 4.78 is 0. The molecule has 15 heavy (non-hydrogen) atoms. The average molecular weight is 245 g/mol. The predicted octanol–water partition coefficient (Wildman–Crippen LogP) is 3.80. The van der Waals surface area contributed by atoms with E-state index >= 15 is 0 Å². The molecule has 1 heterocycles. The predicted molar refractivity (Wildman–Crippen MR) is 67.0 cm³/mol. The Balaban J connectivity index is 1.97. The molecule has 84 valence electrons. The average Bonchev–Trinajstić information content (AvgIpc) is 2.50. The van der Waals surface area contributed by atoms with Crippen LogP contribution in [0.1, 0.15) is 37.8 Å². The maximum absolute atomic E-state index is 6.36. The monoisotopic (exact) mass is 244 g/mol. The van der Waals surface area contributed by atoms with Crippen molar-refractivity contribution in [2.45, 2.75) is 50.4 Å². The highest BCUT2D eigenvalue weighted by Crippen LogP contribution is 2.26. The number of alkyl halides is 1. The molecular formula is C11H17ClN2S. The number of rotatable bonds is 2. The number of aryl methyl sites for hydroxylation is 1. The summed E-state index contributed by atoms with van der Waals surface area (Å²) >= 11 is 8.03. The SMILES string of the molecule is Cc1csc(NC2CCCCCC2Cl)n1. The van der Waals surface area contributed by atoms with E-state index in [-0.39, 0.29) is 5.38 Å². The molecule has 0 radical (unpaired) electrons. The van der Waals surface area contributed by atoms with E-state index in [2.05, 4.69) is 15.7 Å². The molecule has 0 aromatic carbocycles. The van der Waals surface area contributed by atoms with E-state index in [1.165, 1.54) is 25.7 Å². The molecular weight excluding hydrogens is 228 g/mol. The first-order chi connectivity index (χ1) is 7.25. The molecule has 0 bridgehead atoms. The summed E-state index contributed by atoms with van der Waals surface area (Å²) in [6.45, 7) is 2.02. The fourth-order valence-corrected chi connectivity index (χ4v) is 3.10. The molecule has 1 fully saturated rings. The molecule has 2 nitrogen and oxygen atoms in total. The molecule has 4 heteroatoms. The standard InChI is InChI=1S/C11H17ClN2S/c1-8-7-15-11(13-8)14-10-6-4-2-3-5-9(10)12/h7,9-10H,2-6H2,1H3,(H,13,14). The Hall–Kier alpha value is -0.280. The van der Waals surface area contributed by atoms with Gasteiger partial charge in [0.15, 0.2) is 5.13 Å². The molecule has 0 aliphatic heterocycles. The second kappa shape index (κ2) is 5.17. The van der Waals surface area contributed by atoms with Crippen LogP contribution in [0.5, 0.6) is 0 Å². The largest absolute Gasteiger partial charge is 0.357 e. The molecule has 2 rings (SSSR count). The number of nitrogens with one attached hydrogen (secondary N) is 1. The summed E-state index contributed by atoms with van der Waals surface area (Å²) in [5.74, 6) is 0. The van der Waals surface area contributed by atoms with Crippen LogP contribution in [-0.2, 0) is 0 Å². The van der Waals surface area contributed by atoms with E-state index in [4.69, 9.17) is 11.6 Å². The molecule has 0 amide bonds. The summed E-state index contributed by atoms with van der Waals surface area (Å²) in [5.41, 5.74) is 1.09. The Labute approximate surface area is 100 Å². The molecule has 2 atom stereocenters. The van der Waals surface area contributed by atoms with Crippen molar-refractivity contribution in [3.8, 4) is 0 Å². The lowest BCUT2D eigenvalue weighted by molar-refractivity contribution is 0.626. The number of nitrogens with zero attached hydrogens (tertiary/aromatic N) is 1. The first-order valence-corrected chi connectivity index (χ1v) is 6.90. The van der Waals surface area contributed by atoms with Gasteiger partial charge in [-0.1, -0.05) is 19.3 Å². The van der Waals surface area contributed by atoms with Gasteiger partial charge in [0.1, 0.15) is 0 Å². The normalized spacial score (nSPS) is 27.3. The van der Waals surface area contributed by atoms with Crippen LogP contribution in [0, 0.1) is 6.92 Å². The van der Waals surface area contributed by atoms with Crippen molar-refractivity contribution in [1.29, 1.82) is 0 Å². The third-order valence-electron chi connectivity index (χ3n) is 2.86. The number of hydrogen-bond donors (Lipinski definition) is 1. The second-order valence-electron chi connectivity index (χ2n) is 4.20. The lowest BCUT2D eigenvalue weighted by Crippen LogP contribution is -2.28. The minimum absolute atomic E-state index is 0.261. The molecule has 0 spiro atoms. The summed E-state index contributed by atoms with van der Waals surface area (Å²) in [6, 6.07) is 0.403. The van der Waals surface area contributed by atoms with Crippen molar-refractivity contribution >= 4 is 28.1 Å². The first-order valence-electron chi connectivity index (χ1n) is 5.58. The second-order valence-corrected chi connectivity index (χ2v) is 5.62. The van der Waals surface area contributed by atoms with Gasteiger partial charge in [-0.3, -0.25) is 0 Å². The van der Waals surface area contributed by atoms with Gasteiger partial charge in [0.25, 0.3) is 0 Å². The zero-order chi connectivity index (χ0) is 10.7. The highest BCUT2D eigenvalue weighted by Gasteiger charge is 2.22. The molecule has 2 unspecified atom stereocenters. The van der Waals surface area contributed by atoms with Gasteiger partial charge in [-0.15, -0.1) is 22.9 Å². The molecule has 1 saturated carbocycles. The van der Waals surface area contributed by atoms with Crippen molar-refractivity contribution in [2.75, 3.05) is 5.32 Å². The van der Waals surface area contributed by atoms with Crippen LogP contribution in [0.15, 0.2) is 5.38 Å². The van der Waals surface area contributed by atoms with Gasteiger partial charge >= 0.3 is 0 Å².